The summed E-state index contributed by atoms with van der Waals surface area (Å²) in [4.78, 5) is 17.7. The van der Waals surface area contributed by atoms with Crippen LogP contribution in [0.1, 0.15) is 41.0 Å². The van der Waals surface area contributed by atoms with Gasteiger partial charge < -0.3 is 14.8 Å². The van der Waals surface area contributed by atoms with Crippen LogP contribution in [-0.4, -0.2) is 24.1 Å². The number of aromatic nitrogens is 1. The number of carbonyl (C=O) groups is 1. The molecule has 5 heteroatoms. The third-order valence-electron chi connectivity index (χ3n) is 5.10. The number of nitrogens with one attached hydrogen (secondary N) is 1. The van der Waals surface area contributed by atoms with Gasteiger partial charge in [0.15, 0.2) is 11.5 Å². The van der Waals surface area contributed by atoms with Gasteiger partial charge >= 0.3 is 0 Å². The second-order valence-corrected chi connectivity index (χ2v) is 7.76. The first kappa shape index (κ1) is 18.3. The van der Waals surface area contributed by atoms with Crippen LogP contribution in [0.15, 0.2) is 42.5 Å². The first-order valence-corrected chi connectivity index (χ1v) is 9.44. The molecule has 3 aromatic rings. The van der Waals surface area contributed by atoms with Crippen LogP contribution in [0.2, 0.25) is 0 Å². The van der Waals surface area contributed by atoms with Crippen LogP contribution in [0.5, 0.6) is 11.5 Å². The van der Waals surface area contributed by atoms with Crippen LogP contribution in [-0.2, 0) is 5.54 Å². The molecule has 0 bridgehead atoms. The molecule has 5 nitrogen and oxygen atoms in total. The van der Waals surface area contributed by atoms with E-state index in [1.165, 1.54) is 0 Å². The first-order chi connectivity index (χ1) is 13.3. The lowest BCUT2D eigenvalue weighted by Gasteiger charge is -2.29. The third-order valence-corrected chi connectivity index (χ3v) is 5.10. The fourth-order valence-corrected chi connectivity index (χ4v) is 3.48. The highest BCUT2D eigenvalue weighted by Crippen LogP contribution is 2.34. The highest BCUT2D eigenvalue weighted by Gasteiger charge is 2.26. The smallest absolute Gasteiger partial charge is 0.253 e. The van der Waals surface area contributed by atoms with E-state index in [9.17, 15) is 4.79 Å². The molecule has 4 rings (SSSR count). The lowest BCUT2D eigenvalue weighted by molar-refractivity contribution is 0.0910. The van der Waals surface area contributed by atoms with Crippen molar-refractivity contribution in [1.29, 1.82) is 0 Å². The Morgan fingerprint density at radius 1 is 1.00 bits per heavy atom. The van der Waals surface area contributed by atoms with E-state index in [4.69, 9.17) is 9.47 Å². The Labute approximate surface area is 164 Å². The number of nitrogens with zero attached hydrogens (tertiary/aromatic N) is 1. The van der Waals surface area contributed by atoms with Crippen LogP contribution >= 0.6 is 0 Å². The maximum atomic E-state index is 13.1. The predicted octanol–water partition coefficient (Wildman–Crippen LogP) is 4.29. The molecule has 0 fully saturated rings. The molecule has 2 aromatic carbocycles. The number of hydrogen-bond acceptors (Lipinski definition) is 4. The second-order valence-electron chi connectivity index (χ2n) is 7.76. The summed E-state index contributed by atoms with van der Waals surface area (Å²) in [6.45, 7) is 8.94. The Balaban J connectivity index is 1.63. The Bertz CT molecular complexity index is 1070. The molecule has 0 spiro atoms. The van der Waals surface area contributed by atoms with Crippen LogP contribution in [0.4, 0.5) is 0 Å². The average Bonchev–Trinajstić information content (AvgIpc) is 2.67. The highest BCUT2D eigenvalue weighted by atomic mass is 16.6. The van der Waals surface area contributed by atoms with Gasteiger partial charge in [-0.2, -0.15) is 0 Å². The molecule has 0 radical (unpaired) electrons. The number of pyridine rings is 1. The van der Waals surface area contributed by atoms with E-state index in [0.717, 1.165) is 27.8 Å². The van der Waals surface area contributed by atoms with Gasteiger partial charge in [-0.25, -0.2) is 0 Å². The van der Waals surface area contributed by atoms with E-state index in [1.54, 1.807) is 0 Å². The minimum atomic E-state index is -0.582. The number of ether oxygens (including phenoxy) is 2. The number of rotatable bonds is 3. The van der Waals surface area contributed by atoms with Crippen molar-refractivity contribution >= 4 is 16.8 Å². The molecule has 0 saturated carbocycles. The van der Waals surface area contributed by atoms with Crippen molar-refractivity contribution in [1.82, 2.24) is 10.3 Å². The van der Waals surface area contributed by atoms with E-state index in [2.05, 4.69) is 10.3 Å². The summed E-state index contributed by atoms with van der Waals surface area (Å²) < 4.78 is 11.3. The molecule has 0 unspecified atom stereocenters. The maximum Gasteiger partial charge on any atom is 0.253 e. The highest BCUT2D eigenvalue weighted by molar-refractivity contribution is 5.99. The van der Waals surface area contributed by atoms with Gasteiger partial charge in [0.2, 0.25) is 0 Å². The molecule has 28 heavy (non-hydrogen) atoms. The van der Waals surface area contributed by atoms with Crippen molar-refractivity contribution in [2.75, 3.05) is 13.2 Å². The van der Waals surface area contributed by atoms with Gasteiger partial charge in [-0.05, 0) is 63.6 Å². The summed E-state index contributed by atoms with van der Waals surface area (Å²) in [6, 6.07) is 13.8. The van der Waals surface area contributed by atoms with Crippen molar-refractivity contribution in [2.45, 2.75) is 33.2 Å². The van der Waals surface area contributed by atoms with Gasteiger partial charge in [0.1, 0.15) is 13.2 Å². The van der Waals surface area contributed by atoms with Gasteiger partial charge in [-0.3, -0.25) is 9.78 Å². The summed E-state index contributed by atoms with van der Waals surface area (Å²) in [5.74, 6) is 1.31. The number of hydrogen-bond donors (Lipinski definition) is 1. The van der Waals surface area contributed by atoms with Gasteiger partial charge in [-0.1, -0.05) is 17.7 Å². The summed E-state index contributed by atoms with van der Waals surface area (Å²) in [5, 5.41) is 4.11. The van der Waals surface area contributed by atoms with Crippen LogP contribution in [0.25, 0.3) is 10.9 Å². The molecule has 1 aliphatic heterocycles. The zero-order valence-electron chi connectivity index (χ0n) is 16.6. The van der Waals surface area contributed by atoms with Crippen LogP contribution < -0.4 is 14.8 Å². The lowest BCUT2D eigenvalue weighted by Crippen LogP contribution is -2.41. The topological polar surface area (TPSA) is 60.5 Å². The summed E-state index contributed by atoms with van der Waals surface area (Å²) >= 11 is 0. The molecular weight excluding hydrogens is 352 g/mol. The number of benzene rings is 2. The van der Waals surface area contributed by atoms with Gasteiger partial charge in [0, 0.05) is 5.39 Å². The Hall–Kier alpha value is -3.08. The van der Waals surface area contributed by atoms with Crippen LogP contribution in [0, 0.1) is 13.8 Å². The lowest BCUT2D eigenvalue weighted by atomic mass is 9.93. The normalized spacial score (nSPS) is 13.4. The SMILES string of the molecule is Cc1ccc2nc(C)c(C(=O)NC(C)(C)c3ccc4c(c3)OCCO4)cc2c1. The largest absolute Gasteiger partial charge is 0.486 e. The van der Waals surface area contributed by atoms with E-state index in [0.29, 0.717) is 30.2 Å². The molecule has 0 saturated heterocycles. The Morgan fingerprint density at radius 2 is 1.75 bits per heavy atom. The average molecular weight is 376 g/mol. The second kappa shape index (κ2) is 6.82. The Morgan fingerprint density at radius 3 is 2.54 bits per heavy atom. The fourth-order valence-electron chi connectivity index (χ4n) is 3.48. The molecule has 2 heterocycles. The van der Waals surface area contributed by atoms with E-state index in [-0.39, 0.29) is 5.91 Å². The quantitative estimate of drug-likeness (QED) is 0.741. The third kappa shape index (κ3) is 3.40. The van der Waals surface area contributed by atoms with Crippen molar-refractivity contribution in [3.05, 3.63) is 64.8 Å². The van der Waals surface area contributed by atoms with Crippen LogP contribution in [0.3, 0.4) is 0 Å². The standard InChI is InChI=1S/C23H24N2O3/c1-14-5-7-19-16(11-14)12-18(15(2)24-19)22(26)25-23(3,4)17-6-8-20-21(13-17)28-10-9-27-20/h5-8,11-13H,9-10H2,1-4H3,(H,25,26). The monoisotopic (exact) mass is 376 g/mol. The number of carbonyl (C=O) groups excluding carboxylic acids is 1. The molecule has 0 atom stereocenters. The van der Waals surface area contributed by atoms with E-state index >= 15 is 0 Å². The number of aryl methyl sites for hydroxylation is 2. The number of amides is 1. The molecule has 1 amide bonds. The van der Waals surface area contributed by atoms with E-state index < -0.39 is 5.54 Å². The predicted molar refractivity (Wildman–Crippen MR) is 109 cm³/mol. The molecule has 0 aliphatic carbocycles. The number of fused-ring (bicyclic) bond motifs is 2. The molecule has 144 valence electrons. The fraction of sp³-hybridized carbons (Fsp3) is 0.304. The van der Waals surface area contributed by atoms with Gasteiger partial charge in [0.05, 0.1) is 22.3 Å². The minimum absolute atomic E-state index is 0.145. The minimum Gasteiger partial charge on any atom is -0.486 e. The summed E-state index contributed by atoms with van der Waals surface area (Å²) in [7, 11) is 0. The van der Waals surface area contributed by atoms with Gasteiger partial charge in [0.25, 0.3) is 5.91 Å². The van der Waals surface area contributed by atoms with E-state index in [1.807, 2.05) is 70.2 Å². The molecule has 1 aromatic heterocycles. The van der Waals surface area contributed by atoms with Crippen molar-refractivity contribution < 1.29 is 14.3 Å². The molecule has 1 N–H and O–H groups in total. The maximum absolute atomic E-state index is 13.1. The zero-order chi connectivity index (χ0) is 19.9. The summed E-state index contributed by atoms with van der Waals surface area (Å²) in [5.41, 5.74) is 3.70. The van der Waals surface area contributed by atoms with Crippen molar-refractivity contribution in [3.8, 4) is 11.5 Å². The molecule has 1 aliphatic rings. The zero-order valence-corrected chi connectivity index (χ0v) is 16.6. The first-order valence-electron chi connectivity index (χ1n) is 9.44. The summed E-state index contributed by atoms with van der Waals surface area (Å²) in [6.07, 6.45) is 0. The van der Waals surface area contributed by atoms with Crippen molar-refractivity contribution in [2.24, 2.45) is 0 Å². The van der Waals surface area contributed by atoms with Gasteiger partial charge in [-0.15, -0.1) is 0 Å². The molecular formula is C23H24N2O3. The Kier molecular flexibility index (Phi) is 4.46. The van der Waals surface area contributed by atoms with Crippen molar-refractivity contribution in [3.63, 3.8) is 0 Å².